The molecule has 0 bridgehead atoms. The van der Waals surface area contributed by atoms with Gasteiger partial charge >= 0.3 is 12.1 Å². The van der Waals surface area contributed by atoms with Crippen LogP contribution in [0.3, 0.4) is 0 Å². The van der Waals surface area contributed by atoms with Crippen LogP contribution in [0.1, 0.15) is 31.1 Å². The summed E-state index contributed by atoms with van der Waals surface area (Å²) in [6, 6.07) is 7.08. The maximum atomic E-state index is 12.9. The van der Waals surface area contributed by atoms with Crippen LogP contribution >= 0.6 is 0 Å². The highest BCUT2D eigenvalue weighted by Gasteiger charge is 2.67. The average molecular weight is 378 g/mol. The number of nitrogens with zero attached hydrogens (tertiary/aromatic N) is 2. The molecule has 1 aliphatic heterocycles. The highest BCUT2D eigenvalue weighted by atomic mass is 19.4. The van der Waals surface area contributed by atoms with Crippen molar-refractivity contribution in [3.8, 4) is 0 Å². The zero-order chi connectivity index (χ0) is 19.6. The van der Waals surface area contributed by atoms with Crippen molar-refractivity contribution in [3.05, 3.63) is 36.0 Å². The first-order valence-corrected chi connectivity index (χ1v) is 8.98. The van der Waals surface area contributed by atoms with Gasteiger partial charge in [0.2, 0.25) is 0 Å². The zero-order valence-electron chi connectivity index (χ0n) is 15.4. The molecule has 0 spiro atoms. The number of halogens is 3. The molecule has 1 saturated heterocycles. The number of rotatable bonds is 2. The molecule has 2 aromatic rings. The van der Waals surface area contributed by atoms with Crippen LogP contribution in [0.15, 0.2) is 30.5 Å². The summed E-state index contributed by atoms with van der Waals surface area (Å²) < 4.78 is 44.2. The maximum Gasteiger partial charge on any atom is 0.392 e. The molecule has 1 unspecified atom stereocenters. The molecule has 27 heavy (non-hydrogen) atoms. The molecule has 0 amide bonds. The van der Waals surface area contributed by atoms with Crippen LogP contribution in [-0.2, 0) is 4.74 Å². The molecular formula is C20H21F3N2O2. The first-order chi connectivity index (χ1) is 12.5. The van der Waals surface area contributed by atoms with E-state index in [2.05, 4.69) is 4.98 Å². The molecule has 3 atom stereocenters. The van der Waals surface area contributed by atoms with Gasteiger partial charge in [0.05, 0.1) is 17.0 Å². The number of hydrogen-bond donors (Lipinski definition) is 0. The molecule has 4 rings (SSSR count). The van der Waals surface area contributed by atoms with Crippen LogP contribution in [0.5, 0.6) is 0 Å². The molecule has 1 aromatic carbocycles. The number of alkyl halides is 3. The lowest BCUT2D eigenvalue weighted by Gasteiger charge is -2.24. The number of benzene rings is 1. The Balaban J connectivity index is 1.60. The number of aromatic nitrogens is 1. The fraction of sp³-hybridized carbons (Fsp3) is 0.500. The topological polar surface area (TPSA) is 42.4 Å². The number of ether oxygens (including phenoxy) is 1. The Kier molecular flexibility index (Phi) is 3.91. The van der Waals surface area contributed by atoms with Crippen LogP contribution in [0, 0.1) is 17.8 Å². The number of hydrogen-bond acceptors (Lipinski definition) is 4. The molecule has 4 nitrogen and oxygen atoms in total. The lowest BCUT2D eigenvalue weighted by molar-refractivity contribution is -0.154. The second-order valence-corrected chi connectivity index (χ2v) is 8.36. The van der Waals surface area contributed by atoms with Gasteiger partial charge in [-0.05, 0) is 56.9 Å². The van der Waals surface area contributed by atoms with Crippen LogP contribution in [0.4, 0.5) is 18.9 Å². The Hall–Kier alpha value is -2.31. The van der Waals surface area contributed by atoms with Crippen LogP contribution < -0.4 is 4.90 Å². The van der Waals surface area contributed by atoms with E-state index in [0.29, 0.717) is 29.6 Å². The number of carbonyl (C=O) groups is 1. The predicted molar refractivity (Wildman–Crippen MR) is 95.6 cm³/mol. The van der Waals surface area contributed by atoms with Gasteiger partial charge in [-0.3, -0.25) is 4.98 Å². The van der Waals surface area contributed by atoms with Crippen LogP contribution in [-0.4, -0.2) is 35.8 Å². The van der Waals surface area contributed by atoms with Crippen molar-refractivity contribution in [2.75, 3.05) is 18.0 Å². The quantitative estimate of drug-likeness (QED) is 0.725. The van der Waals surface area contributed by atoms with Gasteiger partial charge in [0.25, 0.3) is 0 Å². The van der Waals surface area contributed by atoms with Crippen LogP contribution in [0.25, 0.3) is 10.9 Å². The van der Waals surface area contributed by atoms with Gasteiger partial charge in [-0.15, -0.1) is 0 Å². The number of anilines is 1. The Bertz CT molecular complexity index is 892. The number of esters is 1. The lowest BCUT2D eigenvalue weighted by atomic mass is 10.1. The van der Waals surface area contributed by atoms with Gasteiger partial charge in [0.15, 0.2) is 0 Å². The van der Waals surface area contributed by atoms with Crippen molar-refractivity contribution in [3.63, 3.8) is 0 Å². The average Bonchev–Trinajstić information content (AvgIpc) is 3.09. The first-order valence-electron chi connectivity index (χ1n) is 8.98. The molecule has 1 aliphatic carbocycles. The SMILES string of the molecule is CC(C)(C)OC(=O)c1ccnc2ccc(N3C[C@@H]4C(C(F)(F)F)[C@@H]4C3)cc12. The predicted octanol–water partition coefficient (Wildman–Crippen LogP) is 4.43. The highest BCUT2D eigenvalue weighted by Crippen LogP contribution is 2.59. The minimum Gasteiger partial charge on any atom is -0.456 e. The Labute approximate surface area is 155 Å². The molecule has 0 radical (unpaired) electrons. The van der Waals surface area contributed by atoms with E-state index in [9.17, 15) is 18.0 Å². The van der Waals surface area contributed by atoms with Gasteiger partial charge in [0, 0.05) is 30.4 Å². The summed E-state index contributed by atoms with van der Waals surface area (Å²) in [6.45, 7) is 6.18. The highest BCUT2D eigenvalue weighted by molar-refractivity contribution is 6.04. The summed E-state index contributed by atoms with van der Waals surface area (Å²) in [4.78, 5) is 18.8. The van der Waals surface area contributed by atoms with Gasteiger partial charge in [-0.1, -0.05) is 0 Å². The van der Waals surface area contributed by atoms with E-state index >= 15 is 0 Å². The molecule has 1 aromatic heterocycles. The molecular weight excluding hydrogens is 357 g/mol. The molecule has 0 N–H and O–H groups in total. The van der Waals surface area contributed by atoms with Crippen LogP contribution in [0.2, 0.25) is 0 Å². The Morgan fingerprint density at radius 3 is 2.41 bits per heavy atom. The number of fused-ring (bicyclic) bond motifs is 2. The van der Waals surface area contributed by atoms with Crippen molar-refractivity contribution in [1.29, 1.82) is 0 Å². The van der Waals surface area contributed by atoms with E-state index in [4.69, 9.17) is 4.74 Å². The molecule has 7 heteroatoms. The largest absolute Gasteiger partial charge is 0.456 e. The van der Waals surface area contributed by atoms with E-state index in [1.54, 1.807) is 39.1 Å². The molecule has 144 valence electrons. The first kappa shape index (κ1) is 18.1. The third-order valence-corrected chi connectivity index (χ3v) is 5.28. The smallest absolute Gasteiger partial charge is 0.392 e. The van der Waals surface area contributed by atoms with Crippen molar-refractivity contribution in [2.24, 2.45) is 17.8 Å². The third kappa shape index (κ3) is 3.35. The summed E-state index contributed by atoms with van der Waals surface area (Å²) in [5.41, 5.74) is 1.26. The summed E-state index contributed by atoms with van der Waals surface area (Å²) in [5.74, 6) is -2.23. The zero-order valence-corrected chi connectivity index (χ0v) is 15.4. The van der Waals surface area contributed by atoms with E-state index < -0.39 is 23.7 Å². The number of carbonyl (C=O) groups excluding carboxylic acids is 1. The standard InChI is InChI=1S/C20H21F3N2O2/c1-19(2,3)27-18(26)12-6-7-24-16-5-4-11(8-13(12)16)25-9-14-15(10-25)17(14)20(21,22)23/h4-8,14-15,17H,9-10H2,1-3H3/t14-,15+,17?. The minimum absolute atomic E-state index is 0.320. The van der Waals surface area contributed by atoms with E-state index in [0.717, 1.165) is 5.69 Å². The lowest BCUT2D eigenvalue weighted by Crippen LogP contribution is -2.28. The monoisotopic (exact) mass is 378 g/mol. The normalized spacial score (nSPS) is 24.8. The number of piperidine rings is 1. The molecule has 2 fully saturated rings. The number of pyridine rings is 1. The molecule has 2 heterocycles. The van der Waals surface area contributed by atoms with Crippen molar-refractivity contribution >= 4 is 22.6 Å². The second-order valence-electron chi connectivity index (χ2n) is 8.36. The van der Waals surface area contributed by atoms with Crippen molar-refractivity contribution in [1.82, 2.24) is 4.98 Å². The molecule has 2 aliphatic rings. The van der Waals surface area contributed by atoms with Gasteiger partial charge in [0.1, 0.15) is 5.60 Å². The summed E-state index contributed by atoms with van der Waals surface area (Å²) in [7, 11) is 0. The third-order valence-electron chi connectivity index (χ3n) is 5.28. The van der Waals surface area contributed by atoms with E-state index in [1.165, 1.54) is 0 Å². The molecule has 1 saturated carbocycles. The Morgan fingerprint density at radius 1 is 1.15 bits per heavy atom. The van der Waals surface area contributed by atoms with Gasteiger partial charge in [-0.25, -0.2) is 4.79 Å². The van der Waals surface area contributed by atoms with Crippen molar-refractivity contribution in [2.45, 2.75) is 32.5 Å². The summed E-state index contributed by atoms with van der Waals surface area (Å²) >= 11 is 0. The van der Waals surface area contributed by atoms with Gasteiger partial charge < -0.3 is 9.64 Å². The minimum atomic E-state index is -4.10. The summed E-state index contributed by atoms with van der Waals surface area (Å²) in [6.07, 6.45) is -2.54. The van der Waals surface area contributed by atoms with Crippen molar-refractivity contribution < 1.29 is 22.7 Å². The van der Waals surface area contributed by atoms with E-state index in [-0.39, 0.29) is 11.8 Å². The maximum absolute atomic E-state index is 12.9. The summed E-state index contributed by atoms with van der Waals surface area (Å²) in [5, 5.41) is 0.650. The van der Waals surface area contributed by atoms with E-state index in [1.807, 2.05) is 17.0 Å². The fourth-order valence-corrected chi connectivity index (χ4v) is 4.06. The Morgan fingerprint density at radius 2 is 1.81 bits per heavy atom. The fourth-order valence-electron chi connectivity index (χ4n) is 4.06. The second kappa shape index (κ2) is 5.84. The van der Waals surface area contributed by atoms with Gasteiger partial charge in [-0.2, -0.15) is 13.2 Å².